The van der Waals surface area contributed by atoms with Gasteiger partial charge in [-0.15, -0.1) is 41.3 Å². The van der Waals surface area contributed by atoms with Crippen LogP contribution in [-0.2, 0) is 38.3 Å². The molecule has 0 saturated heterocycles. The molecule has 0 saturated carbocycles. The largest absolute Gasteiger partial charge is 2.00 e. The first kappa shape index (κ1) is 40.2. The van der Waals surface area contributed by atoms with E-state index >= 15 is 0 Å². The molecule has 0 unspecified atom stereocenters. The fourth-order valence-electron chi connectivity index (χ4n) is 7.85. The maximum absolute atomic E-state index is 6.70. The standard InChI is InChI=1S/C49H54N4O.Pt/c1-13-16-34-21-22-50-45(25-34)52-43-18-15-14-17-39(43)40-20-19-37(29-44(40)52)54-38-27-35(30(2)3)26-36(28-38)53-33(6)46(32(5)51-53)47-41(48(7,8)9)23-31(4)24-42(47)49(10,11)12;/h14-15,17-27,30H,13,16H2,1-12H3;/q-2;+2. The van der Waals surface area contributed by atoms with E-state index in [1.54, 1.807) is 0 Å². The number of pyridine rings is 1. The fourth-order valence-corrected chi connectivity index (χ4v) is 7.85. The second kappa shape index (κ2) is 15.2. The number of para-hydroxylation sites is 1. The van der Waals surface area contributed by atoms with Crippen molar-refractivity contribution in [1.29, 1.82) is 0 Å². The SMILES string of the molecule is CCCc1ccnc(-n2c3[c-]c(Oc4[c-]c(-n5nc(C)c(-c6c(C(C)(C)C)cc(C)cc6C(C)(C)C)c5C)cc(C(C)C)c4)ccc3c3ccccc32)c1.[Pt+2]. The molecule has 0 aliphatic rings. The van der Waals surface area contributed by atoms with Crippen molar-refractivity contribution < 1.29 is 25.8 Å². The van der Waals surface area contributed by atoms with Crippen molar-refractivity contribution in [2.24, 2.45) is 0 Å². The van der Waals surface area contributed by atoms with Crippen molar-refractivity contribution in [2.45, 2.75) is 113 Å². The summed E-state index contributed by atoms with van der Waals surface area (Å²) < 4.78 is 11.0. The normalized spacial score (nSPS) is 12.2. The molecule has 0 atom stereocenters. The minimum absolute atomic E-state index is 0. The van der Waals surface area contributed by atoms with Gasteiger partial charge in [-0.1, -0.05) is 110 Å². The Bertz CT molecular complexity index is 2490. The van der Waals surface area contributed by atoms with Gasteiger partial charge in [0.2, 0.25) is 0 Å². The topological polar surface area (TPSA) is 44.9 Å². The Morgan fingerprint density at radius 1 is 0.764 bits per heavy atom. The Morgan fingerprint density at radius 3 is 2.11 bits per heavy atom. The van der Waals surface area contributed by atoms with Crippen LogP contribution in [0.1, 0.15) is 114 Å². The number of rotatable bonds is 8. The molecular weight excluding hydrogens is 856 g/mol. The van der Waals surface area contributed by atoms with E-state index in [0.29, 0.717) is 11.5 Å². The van der Waals surface area contributed by atoms with Crippen molar-refractivity contribution in [2.75, 3.05) is 0 Å². The molecule has 55 heavy (non-hydrogen) atoms. The third kappa shape index (κ3) is 7.70. The summed E-state index contributed by atoms with van der Waals surface area (Å²) in [5.74, 6) is 2.41. The number of benzene rings is 4. The Labute approximate surface area is 342 Å². The first-order chi connectivity index (χ1) is 25.5. The number of fused-ring (bicyclic) bond motifs is 3. The minimum atomic E-state index is -0.0509. The van der Waals surface area contributed by atoms with Crippen LogP contribution >= 0.6 is 0 Å². The second-order valence-corrected chi connectivity index (χ2v) is 17.3. The molecule has 3 aromatic heterocycles. The summed E-state index contributed by atoms with van der Waals surface area (Å²) in [6, 6.07) is 33.2. The Balaban J connectivity index is 0.00000514. The Kier molecular flexibility index (Phi) is 11.1. The van der Waals surface area contributed by atoms with Crippen molar-refractivity contribution in [1.82, 2.24) is 19.3 Å². The van der Waals surface area contributed by atoms with E-state index < -0.39 is 0 Å². The zero-order valence-corrected chi connectivity index (χ0v) is 36.8. The number of hydrogen-bond donors (Lipinski definition) is 0. The summed E-state index contributed by atoms with van der Waals surface area (Å²) in [5.41, 5.74) is 13.8. The molecule has 0 aliphatic carbocycles. The summed E-state index contributed by atoms with van der Waals surface area (Å²) in [5, 5.41) is 7.48. The van der Waals surface area contributed by atoms with Crippen molar-refractivity contribution in [3.05, 3.63) is 130 Å². The molecule has 0 fully saturated rings. The maximum atomic E-state index is 6.70. The number of ether oxygens (including phenoxy) is 1. The van der Waals surface area contributed by atoms with E-state index in [4.69, 9.17) is 14.8 Å². The average molecular weight is 910 g/mol. The van der Waals surface area contributed by atoms with Gasteiger partial charge < -0.3 is 9.30 Å². The molecule has 0 amide bonds. The molecule has 0 bridgehead atoms. The molecule has 5 nitrogen and oxygen atoms in total. The van der Waals surface area contributed by atoms with Crippen LogP contribution in [0.15, 0.2) is 79.0 Å². The maximum Gasteiger partial charge on any atom is 2.00 e. The number of aryl methyl sites for hydroxylation is 3. The quantitative estimate of drug-likeness (QED) is 0.143. The van der Waals surface area contributed by atoms with Gasteiger partial charge in [0.25, 0.3) is 0 Å². The monoisotopic (exact) mass is 909 g/mol. The predicted octanol–water partition coefficient (Wildman–Crippen LogP) is 13.0. The molecule has 4 aromatic carbocycles. The van der Waals surface area contributed by atoms with Crippen LogP contribution in [0.3, 0.4) is 0 Å². The second-order valence-electron chi connectivity index (χ2n) is 17.3. The summed E-state index contributed by atoms with van der Waals surface area (Å²) in [4.78, 5) is 4.82. The summed E-state index contributed by atoms with van der Waals surface area (Å²) in [7, 11) is 0. The predicted molar refractivity (Wildman–Crippen MR) is 225 cm³/mol. The van der Waals surface area contributed by atoms with Gasteiger partial charge >= 0.3 is 21.1 Å². The summed E-state index contributed by atoms with van der Waals surface area (Å²) in [6.45, 7) is 27.0. The van der Waals surface area contributed by atoms with Crippen LogP contribution in [0.4, 0.5) is 0 Å². The molecule has 6 heteroatoms. The van der Waals surface area contributed by atoms with Crippen LogP contribution in [0, 0.1) is 32.9 Å². The number of hydrogen-bond acceptors (Lipinski definition) is 3. The molecule has 7 aromatic rings. The van der Waals surface area contributed by atoms with Gasteiger partial charge in [-0.05, 0) is 95.5 Å². The zero-order chi connectivity index (χ0) is 38.7. The van der Waals surface area contributed by atoms with Gasteiger partial charge in [-0.2, -0.15) is 11.2 Å². The first-order valence-electron chi connectivity index (χ1n) is 19.4. The third-order valence-corrected chi connectivity index (χ3v) is 10.5. The van der Waals surface area contributed by atoms with Gasteiger partial charge in [0.05, 0.1) is 5.69 Å². The van der Waals surface area contributed by atoms with Crippen LogP contribution in [0.25, 0.3) is 44.4 Å². The Hall–Kier alpha value is -4.47. The molecule has 3 heterocycles. The van der Waals surface area contributed by atoms with Crippen molar-refractivity contribution in [3.8, 4) is 34.1 Å². The summed E-state index contributed by atoms with van der Waals surface area (Å²) >= 11 is 0. The third-order valence-electron chi connectivity index (χ3n) is 10.5. The number of nitrogens with zero attached hydrogens (tertiary/aromatic N) is 4. The van der Waals surface area contributed by atoms with E-state index in [1.807, 2.05) is 12.3 Å². The average Bonchev–Trinajstić information content (AvgIpc) is 3.59. The summed E-state index contributed by atoms with van der Waals surface area (Å²) in [6.07, 6.45) is 3.99. The van der Waals surface area contributed by atoms with E-state index in [1.165, 1.54) is 33.4 Å². The fraction of sp³-hybridized carbons (Fsp3) is 0.347. The first-order valence-corrected chi connectivity index (χ1v) is 19.4. The Morgan fingerprint density at radius 2 is 1.45 bits per heavy atom. The molecule has 0 aliphatic heterocycles. The smallest absolute Gasteiger partial charge is 0.509 e. The minimum Gasteiger partial charge on any atom is -0.509 e. The molecule has 0 N–H and O–H groups in total. The van der Waals surface area contributed by atoms with Crippen LogP contribution in [0.2, 0.25) is 0 Å². The van der Waals surface area contributed by atoms with Crippen molar-refractivity contribution >= 4 is 21.8 Å². The van der Waals surface area contributed by atoms with Crippen LogP contribution in [0.5, 0.6) is 11.5 Å². The van der Waals surface area contributed by atoms with Gasteiger partial charge in [0, 0.05) is 34.5 Å². The molecule has 0 spiro atoms. The zero-order valence-electron chi connectivity index (χ0n) is 34.5. The molecule has 7 rings (SSSR count). The van der Waals surface area contributed by atoms with Crippen molar-refractivity contribution in [3.63, 3.8) is 0 Å². The molecule has 0 radical (unpaired) electrons. The van der Waals surface area contributed by atoms with Gasteiger partial charge in [0.1, 0.15) is 5.82 Å². The van der Waals surface area contributed by atoms with Crippen LogP contribution in [-0.4, -0.2) is 19.3 Å². The number of aromatic nitrogens is 4. The molecule has 286 valence electrons. The van der Waals surface area contributed by atoms with Gasteiger partial charge in [-0.25, -0.2) is 4.98 Å². The van der Waals surface area contributed by atoms with Gasteiger partial charge in [0.15, 0.2) is 0 Å². The van der Waals surface area contributed by atoms with E-state index in [9.17, 15) is 0 Å². The molecular formula is C49H54N4OPt. The van der Waals surface area contributed by atoms with E-state index in [-0.39, 0.29) is 37.8 Å². The van der Waals surface area contributed by atoms with Crippen LogP contribution < -0.4 is 4.74 Å². The van der Waals surface area contributed by atoms with E-state index in [0.717, 1.165) is 63.1 Å². The van der Waals surface area contributed by atoms with Gasteiger partial charge in [-0.3, -0.25) is 4.68 Å². The van der Waals surface area contributed by atoms with E-state index in [2.05, 4.69) is 171 Å².